The van der Waals surface area contributed by atoms with E-state index in [-0.39, 0.29) is 6.61 Å². The second-order valence-corrected chi connectivity index (χ2v) is 2.12. The van der Waals surface area contributed by atoms with Crippen LogP contribution in [0.2, 0.25) is 0 Å². The standard InChI is InChI=1S/C7H11N3O3/c8-10-9-4-2-6-13-5-1-3-7(11)12/h1,3H,2,4-6H2,(H,11,12). The normalized spacial score (nSPS) is 9.85. The van der Waals surface area contributed by atoms with Crippen LogP contribution in [0.5, 0.6) is 0 Å². The number of carboxylic acids is 1. The summed E-state index contributed by atoms with van der Waals surface area (Å²) in [5.74, 6) is -0.988. The smallest absolute Gasteiger partial charge is 0.328 e. The predicted octanol–water partition coefficient (Wildman–Crippen LogP) is 1.34. The first-order chi connectivity index (χ1) is 6.27. The first-order valence-corrected chi connectivity index (χ1v) is 3.75. The lowest BCUT2D eigenvalue weighted by Crippen LogP contribution is -1.96. The molecule has 0 fully saturated rings. The fourth-order valence-corrected chi connectivity index (χ4v) is 0.582. The highest BCUT2D eigenvalue weighted by molar-refractivity contribution is 5.79. The lowest BCUT2D eigenvalue weighted by atomic mass is 10.4. The molecule has 0 aromatic rings. The maximum atomic E-state index is 9.98. The van der Waals surface area contributed by atoms with Crippen molar-refractivity contribution in [1.82, 2.24) is 0 Å². The van der Waals surface area contributed by atoms with Gasteiger partial charge < -0.3 is 9.84 Å². The van der Waals surface area contributed by atoms with Crippen LogP contribution in [0.15, 0.2) is 17.3 Å². The summed E-state index contributed by atoms with van der Waals surface area (Å²) in [6.45, 7) is 1.13. The van der Waals surface area contributed by atoms with Crippen LogP contribution in [-0.2, 0) is 9.53 Å². The number of ether oxygens (including phenoxy) is 1. The molecule has 0 rings (SSSR count). The van der Waals surface area contributed by atoms with Gasteiger partial charge in [-0.05, 0) is 12.0 Å². The van der Waals surface area contributed by atoms with Crippen LogP contribution in [0, 0.1) is 0 Å². The fraction of sp³-hybridized carbons (Fsp3) is 0.571. The summed E-state index contributed by atoms with van der Waals surface area (Å²) in [7, 11) is 0. The summed E-state index contributed by atoms with van der Waals surface area (Å²) in [6, 6.07) is 0. The van der Waals surface area contributed by atoms with Crippen molar-refractivity contribution in [2.75, 3.05) is 19.8 Å². The first-order valence-electron chi connectivity index (χ1n) is 3.75. The molecule has 6 heteroatoms. The van der Waals surface area contributed by atoms with E-state index in [2.05, 4.69) is 10.0 Å². The molecule has 0 spiro atoms. The van der Waals surface area contributed by atoms with Crippen LogP contribution < -0.4 is 0 Å². The van der Waals surface area contributed by atoms with Crippen LogP contribution in [-0.4, -0.2) is 30.8 Å². The second-order valence-electron chi connectivity index (χ2n) is 2.12. The van der Waals surface area contributed by atoms with E-state index < -0.39 is 5.97 Å². The van der Waals surface area contributed by atoms with E-state index >= 15 is 0 Å². The number of rotatable bonds is 7. The monoisotopic (exact) mass is 185 g/mol. The maximum Gasteiger partial charge on any atom is 0.328 e. The maximum absolute atomic E-state index is 9.98. The van der Waals surface area contributed by atoms with Crippen molar-refractivity contribution in [3.8, 4) is 0 Å². The van der Waals surface area contributed by atoms with Gasteiger partial charge in [-0.1, -0.05) is 11.2 Å². The Morgan fingerprint density at radius 1 is 1.69 bits per heavy atom. The van der Waals surface area contributed by atoms with Crippen molar-refractivity contribution >= 4 is 5.97 Å². The van der Waals surface area contributed by atoms with Gasteiger partial charge in [0.15, 0.2) is 0 Å². The van der Waals surface area contributed by atoms with Gasteiger partial charge in [-0.2, -0.15) is 0 Å². The molecule has 0 aliphatic carbocycles. The molecule has 13 heavy (non-hydrogen) atoms. The zero-order valence-electron chi connectivity index (χ0n) is 7.09. The molecule has 0 heterocycles. The Balaban J connectivity index is 3.17. The van der Waals surface area contributed by atoms with Crippen LogP contribution in [0.25, 0.3) is 10.4 Å². The summed E-state index contributed by atoms with van der Waals surface area (Å²) in [4.78, 5) is 12.5. The number of hydrogen-bond donors (Lipinski definition) is 1. The Morgan fingerprint density at radius 3 is 3.08 bits per heavy atom. The largest absolute Gasteiger partial charge is 0.478 e. The molecular weight excluding hydrogens is 174 g/mol. The molecule has 72 valence electrons. The Labute approximate surface area is 75.4 Å². The van der Waals surface area contributed by atoms with Gasteiger partial charge in [0.1, 0.15) is 0 Å². The highest BCUT2D eigenvalue weighted by Gasteiger charge is 1.86. The molecule has 6 nitrogen and oxygen atoms in total. The number of carboxylic acid groups (broad SMARTS) is 1. The van der Waals surface area contributed by atoms with Gasteiger partial charge in [-0.3, -0.25) is 0 Å². The van der Waals surface area contributed by atoms with Gasteiger partial charge in [0.05, 0.1) is 6.61 Å². The Morgan fingerprint density at radius 2 is 2.46 bits per heavy atom. The molecule has 0 saturated heterocycles. The molecule has 0 unspecified atom stereocenters. The Kier molecular flexibility index (Phi) is 7.57. The molecule has 0 aromatic heterocycles. The van der Waals surface area contributed by atoms with Crippen molar-refractivity contribution < 1.29 is 14.6 Å². The third-order valence-electron chi connectivity index (χ3n) is 1.08. The van der Waals surface area contributed by atoms with E-state index in [9.17, 15) is 4.79 Å². The van der Waals surface area contributed by atoms with Gasteiger partial charge in [0.2, 0.25) is 0 Å². The zero-order valence-corrected chi connectivity index (χ0v) is 7.09. The van der Waals surface area contributed by atoms with Crippen molar-refractivity contribution in [3.63, 3.8) is 0 Å². The van der Waals surface area contributed by atoms with Crippen molar-refractivity contribution in [2.45, 2.75) is 6.42 Å². The van der Waals surface area contributed by atoms with Crippen LogP contribution in [0.1, 0.15) is 6.42 Å². The zero-order chi connectivity index (χ0) is 9.94. The van der Waals surface area contributed by atoms with E-state index in [1.807, 2.05) is 0 Å². The van der Waals surface area contributed by atoms with E-state index in [4.69, 9.17) is 15.4 Å². The predicted molar refractivity (Wildman–Crippen MR) is 46.2 cm³/mol. The quantitative estimate of drug-likeness (QED) is 0.213. The fourth-order valence-electron chi connectivity index (χ4n) is 0.582. The number of azide groups is 1. The Hall–Kier alpha value is -1.52. The summed E-state index contributed by atoms with van der Waals surface area (Å²) < 4.78 is 5.00. The second kappa shape index (κ2) is 8.58. The van der Waals surface area contributed by atoms with Crippen molar-refractivity contribution in [2.24, 2.45) is 5.11 Å². The molecule has 0 amide bonds. The average Bonchev–Trinajstić information content (AvgIpc) is 2.09. The number of nitrogens with zero attached hydrogens (tertiary/aromatic N) is 3. The third-order valence-corrected chi connectivity index (χ3v) is 1.08. The van der Waals surface area contributed by atoms with Gasteiger partial charge in [0, 0.05) is 24.1 Å². The van der Waals surface area contributed by atoms with E-state index in [1.165, 1.54) is 6.08 Å². The van der Waals surface area contributed by atoms with E-state index in [0.29, 0.717) is 19.6 Å². The van der Waals surface area contributed by atoms with Crippen LogP contribution in [0.3, 0.4) is 0 Å². The van der Waals surface area contributed by atoms with Gasteiger partial charge in [0.25, 0.3) is 0 Å². The molecule has 1 N–H and O–H groups in total. The topological polar surface area (TPSA) is 95.3 Å². The number of aliphatic carboxylic acids is 1. The molecule has 0 saturated carbocycles. The minimum absolute atomic E-state index is 0.266. The molecule has 0 bridgehead atoms. The number of hydrogen-bond acceptors (Lipinski definition) is 3. The molecule has 0 aromatic carbocycles. The molecule has 0 radical (unpaired) electrons. The lowest BCUT2D eigenvalue weighted by Gasteiger charge is -1.96. The van der Waals surface area contributed by atoms with Crippen molar-refractivity contribution in [1.29, 1.82) is 0 Å². The van der Waals surface area contributed by atoms with Gasteiger partial charge in [-0.15, -0.1) is 0 Å². The molecule has 0 aliphatic rings. The van der Waals surface area contributed by atoms with Crippen molar-refractivity contribution in [3.05, 3.63) is 22.6 Å². The minimum Gasteiger partial charge on any atom is -0.478 e. The summed E-state index contributed by atoms with van der Waals surface area (Å²) >= 11 is 0. The average molecular weight is 185 g/mol. The third kappa shape index (κ3) is 10.5. The Bertz CT molecular complexity index is 221. The first kappa shape index (κ1) is 11.5. The summed E-state index contributed by atoms with van der Waals surface area (Å²) in [5, 5.41) is 11.5. The summed E-state index contributed by atoms with van der Waals surface area (Å²) in [5.41, 5.74) is 7.91. The van der Waals surface area contributed by atoms with E-state index in [0.717, 1.165) is 6.08 Å². The number of carbonyl (C=O) groups is 1. The van der Waals surface area contributed by atoms with Crippen LogP contribution in [0.4, 0.5) is 0 Å². The molecule has 0 aliphatic heterocycles. The summed E-state index contributed by atoms with van der Waals surface area (Å²) in [6.07, 6.45) is 3.08. The highest BCUT2D eigenvalue weighted by Crippen LogP contribution is 1.85. The highest BCUT2D eigenvalue weighted by atomic mass is 16.5. The van der Waals surface area contributed by atoms with Crippen LogP contribution >= 0.6 is 0 Å². The minimum atomic E-state index is -0.988. The SMILES string of the molecule is [N-]=[N+]=NCCCOCC=CC(=O)O. The molecule has 0 atom stereocenters. The van der Waals surface area contributed by atoms with E-state index in [1.54, 1.807) is 0 Å². The van der Waals surface area contributed by atoms with Gasteiger partial charge in [-0.25, -0.2) is 4.79 Å². The molecular formula is C7H11N3O3. The lowest BCUT2D eigenvalue weighted by molar-refractivity contribution is -0.131. The van der Waals surface area contributed by atoms with Gasteiger partial charge >= 0.3 is 5.97 Å².